The van der Waals surface area contributed by atoms with Crippen LogP contribution in [0.4, 0.5) is 0 Å². The van der Waals surface area contributed by atoms with E-state index in [1.54, 1.807) is 11.3 Å². The first-order chi connectivity index (χ1) is 11.0. The Morgan fingerprint density at radius 1 is 1.22 bits per heavy atom. The zero-order valence-electron chi connectivity index (χ0n) is 13.6. The average Bonchev–Trinajstić information content (AvgIpc) is 2.99. The molecule has 4 heteroatoms. The molecule has 1 aromatic heterocycles. The van der Waals surface area contributed by atoms with Gasteiger partial charge in [0.15, 0.2) is 0 Å². The first-order valence-corrected chi connectivity index (χ1v) is 8.47. The molecule has 1 heterocycles. The molecular weight excluding hydrogens is 306 g/mol. The van der Waals surface area contributed by atoms with Gasteiger partial charge in [0.25, 0.3) is 0 Å². The number of aliphatic hydroxyl groups is 1. The maximum absolute atomic E-state index is 9.17. The Morgan fingerprint density at radius 2 is 1.96 bits per heavy atom. The Morgan fingerprint density at radius 3 is 2.65 bits per heavy atom. The smallest absolute Gasteiger partial charge is 0.149 e. The number of nitrogens with two attached hydrogens (primary N) is 1. The van der Waals surface area contributed by atoms with Gasteiger partial charge in [-0.2, -0.15) is 0 Å². The van der Waals surface area contributed by atoms with Crippen molar-refractivity contribution in [2.24, 2.45) is 5.73 Å². The monoisotopic (exact) mass is 329 g/mol. The number of rotatable bonds is 6. The summed E-state index contributed by atoms with van der Waals surface area (Å²) in [6.07, 6.45) is 1.62. The molecule has 23 heavy (non-hydrogen) atoms. The molecule has 0 aliphatic rings. The van der Waals surface area contributed by atoms with Crippen LogP contribution in [0.15, 0.2) is 36.4 Å². The summed E-state index contributed by atoms with van der Waals surface area (Å²) in [5.41, 5.74) is 6.64. The summed E-state index contributed by atoms with van der Waals surface area (Å²) < 4.78 is 5.58. The van der Waals surface area contributed by atoms with Gasteiger partial charge in [0, 0.05) is 10.4 Å². The lowest BCUT2D eigenvalue weighted by Gasteiger charge is -2.20. The maximum atomic E-state index is 9.17. The fourth-order valence-corrected chi connectivity index (χ4v) is 2.83. The Kier molecular flexibility index (Phi) is 6.23. The van der Waals surface area contributed by atoms with Crippen LogP contribution in [0.25, 0.3) is 0 Å². The summed E-state index contributed by atoms with van der Waals surface area (Å²) in [5, 5.41) is 9.17. The normalized spacial score (nSPS) is 13.0. The average molecular weight is 329 g/mol. The van der Waals surface area contributed by atoms with Crippen LogP contribution in [0.1, 0.15) is 28.7 Å². The van der Waals surface area contributed by atoms with E-state index in [9.17, 15) is 5.11 Å². The summed E-state index contributed by atoms with van der Waals surface area (Å²) in [7, 11) is 0. The molecular formula is C19H23NO2S. The number of ether oxygens (including phenoxy) is 1. The molecule has 122 valence electrons. The predicted octanol–water partition coefficient (Wildman–Crippen LogP) is 3.13. The molecule has 0 saturated carbocycles. The third-order valence-corrected chi connectivity index (χ3v) is 4.57. The molecule has 0 unspecified atom stereocenters. The highest BCUT2D eigenvalue weighted by Gasteiger charge is 2.16. The molecule has 0 aliphatic heterocycles. The van der Waals surface area contributed by atoms with Crippen molar-refractivity contribution >= 4 is 11.3 Å². The summed E-state index contributed by atoms with van der Waals surface area (Å²) in [6.45, 7) is 4.29. The standard InChI is InChI=1S/C19H23NO2S/c1-15-5-7-16(8-6-15)22-13-3-4-17-9-10-18(23-17)11-12-19(2,20)14-21/h5-10,21H,11-14,20H2,1-2H3/t19-/m1/s1. The van der Waals surface area contributed by atoms with Gasteiger partial charge in [-0.1, -0.05) is 29.5 Å². The molecule has 3 nitrogen and oxygen atoms in total. The van der Waals surface area contributed by atoms with Gasteiger partial charge in [-0.15, -0.1) is 11.3 Å². The van der Waals surface area contributed by atoms with Crippen molar-refractivity contribution in [2.75, 3.05) is 13.2 Å². The SMILES string of the molecule is Cc1ccc(OCC#Cc2ccc(CC[C@@](C)(N)CO)s2)cc1. The largest absolute Gasteiger partial charge is 0.481 e. The van der Waals surface area contributed by atoms with E-state index in [0.717, 1.165) is 23.5 Å². The second-order valence-electron chi connectivity index (χ2n) is 5.98. The molecule has 2 rings (SSSR count). The van der Waals surface area contributed by atoms with Gasteiger partial charge in [0.05, 0.1) is 11.5 Å². The van der Waals surface area contributed by atoms with E-state index >= 15 is 0 Å². The minimum atomic E-state index is -0.516. The highest BCUT2D eigenvalue weighted by molar-refractivity contribution is 7.12. The molecule has 0 spiro atoms. The zero-order chi connectivity index (χ0) is 16.7. The number of hydrogen-bond donors (Lipinski definition) is 2. The highest BCUT2D eigenvalue weighted by atomic mass is 32.1. The van der Waals surface area contributed by atoms with Crippen LogP contribution in [-0.4, -0.2) is 23.9 Å². The van der Waals surface area contributed by atoms with E-state index in [2.05, 4.69) is 17.9 Å². The molecule has 0 amide bonds. The van der Waals surface area contributed by atoms with Crippen LogP contribution in [0, 0.1) is 18.8 Å². The topological polar surface area (TPSA) is 55.5 Å². The molecule has 0 bridgehead atoms. The summed E-state index contributed by atoms with van der Waals surface area (Å²) in [5.74, 6) is 6.99. The van der Waals surface area contributed by atoms with Gasteiger partial charge in [-0.3, -0.25) is 0 Å². The molecule has 0 aliphatic carbocycles. The number of benzene rings is 1. The van der Waals surface area contributed by atoms with Crippen LogP contribution in [-0.2, 0) is 6.42 Å². The van der Waals surface area contributed by atoms with Crippen molar-refractivity contribution in [3.8, 4) is 17.6 Å². The molecule has 1 aromatic carbocycles. The van der Waals surface area contributed by atoms with Gasteiger partial charge < -0.3 is 15.6 Å². The Balaban J connectivity index is 1.81. The molecule has 3 N–H and O–H groups in total. The first-order valence-electron chi connectivity index (χ1n) is 7.65. The van der Waals surface area contributed by atoms with Crippen LogP contribution >= 0.6 is 11.3 Å². The van der Waals surface area contributed by atoms with E-state index in [0.29, 0.717) is 6.61 Å². The van der Waals surface area contributed by atoms with Crippen LogP contribution < -0.4 is 10.5 Å². The third kappa shape index (κ3) is 6.07. The first kappa shape index (κ1) is 17.6. The van der Waals surface area contributed by atoms with Crippen LogP contribution in [0.5, 0.6) is 5.75 Å². The number of hydrogen-bond acceptors (Lipinski definition) is 4. The molecule has 0 fully saturated rings. The van der Waals surface area contributed by atoms with Crippen molar-refractivity contribution in [1.82, 2.24) is 0 Å². The molecule has 0 radical (unpaired) electrons. The summed E-state index contributed by atoms with van der Waals surface area (Å²) in [6, 6.07) is 12.0. The second-order valence-corrected chi connectivity index (χ2v) is 7.15. The highest BCUT2D eigenvalue weighted by Crippen LogP contribution is 2.19. The number of thiophene rings is 1. The van der Waals surface area contributed by atoms with Crippen LogP contribution in [0.2, 0.25) is 0 Å². The second kappa shape index (κ2) is 8.16. The summed E-state index contributed by atoms with van der Waals surface area (Å²) in [4.78, 5) is 2.26. The van der Waals surface area contributed by atoms with E-state index in [-0.39, 0.29) is 6.61 Å². The van der Waals surface area contributed by atoms with E-state index in [1.807, 2.05) is 44.2 Å². The molecule has 2 aromatic rings. The predicted molar refractivity (Wildman–Crippen MR) is 95.9 cm³/mol. The minimum Gasteiger partial charge on any atom is -0.481 e. The van der Waals surface area contributed by atoms with Crippen molar-refractivity contribution in [3.63, 3.8) is 0 Å². The lowest BCUT2D eigenvalue weighted by atomic mass is 9.98. The van der Waals surface area contributed by atoms with Gasteiger partial charge in [0.2, 0.25) is 0 Å². The van der Waals surface area contributed by atoms with Crippen molar-refractivity contribution < 1.29 is 9.84 Å². The fraction of sp³-hybridized carbons (Fsp3) is 0.368. The lowest BCUT2D eigenvalue weighted by molar-refractivity contribution is 0.201. The lowest BCUT2D eigenvalue weighted by Crippen LogP contribution is -2.40. The van der Waals surface area contributed by atoms with E-state index in [1.165, 1.54) is 10.4 Å². The van der Waals surface area contributed by atoms with E-state index in [4.69, 9.17) is 10.5 Å². The van der Waals surface area contributed by atoms with Gasteiger partial charge >= 0.3 is 0 Å². The van der Waals surface area contributed by atoms with Crippen molar-refractivity contribution in [2.45, 2.75) is 32.2 Å². The minimum absolute atomic E-state index is 0.00138. The molecule has 1 atom stereocenters. The number of aryl methyl sites for hydroxylation is 2. The Labute approximate surface area is 142 Å². The van der Waals surface area contributed by atoms with Crippen LogP contribution in [0.3, 0.4) is 0 Å². The Hall–Kier alpha value is -1.80. The van der Waals surface area contributed by atoms with Crippen molar-refractivity contribution in [1.29, 1.82) is 0 Å². The maximum Gasteiger partial charge on any atom is 0.149 e. The van der Waals surface area contributed by atoms with E-state index < -0.39 is 5.54 Å². The zero-order valence-corrected chi connectivity index (χ0v) is 14.5. The third-order valence-electron chi connectivity index (χ3n) is 3.51. The quantitative estimate of drug-likeness (QED) is 0.801. The van der Waals surface area contributed by atoms with Crippen molar-refractivity contribution in [3.05, 3.63) is 51.7 Å². The number of aliphatic hydroxyl groups excluding tert-OH is 1. The van der Waals surface area contributed by atoms with Gasteiger partial charge in [0.1, 0.15) is 12.4 Å². The van der Waals surface area contributed by atoms with Gasteiger partial charge in [-0.25, -0.2) is 0 Å². The Bertz CT molecular complexity index is 677. The summed E-state index contributed by atoms with van der Waals surface area (Å²) >= 11 is 1.67. The van der Waals surface area contributed by atoms with Gasteiger partial charge in [-0.05, 0) is 51.0 Å². The fourth-order valence-electron chi connectivity index (χ4n) is 1.94. The molecule has 0 saturated heterocycles.